The summed E-state index contributed by atoms with van der Waals surface area (Å²) in [4.78, 5) is 14.1. The molecule has 1 aliphatic heterocycles. The number of nitrogens with zero attached hydrogens (tertiary/aromatic N) is 2. The van der Waals surface area contributed by atoms with Crippen LogP contribution in [0.25, 0.3) is 0 Å². The third-order valence-corrected chi connectivity index (χ3v) is 6.42. The maximum Gasteiger partial charge on any atom is 0.277 e. The van der Waals surface area contributed by atoms with Crippen LogP contribution in [-0.4, -0.2) is 69.3 Å². The van der Waals surface area contributed by atoms with E-state index >= 15 is 0 Å². The van der Waals surface area contributed by atoms with Gasteiger partial charge in [0.1, 0.15) is 16.5 Å². The largest absolute Gasteiger partial charge is 0.338 e. The predicted molar refractivity (Wildman–Crippen MR) is 88.6 cm³/mol. The second-order valence-electron chi connectivity index (χ2n) is 6.50. The van der Waals surface area contributed by atoms with Gasteiger partial charge in [0.2, 0.25) is 10.0 Å². The number of hydrogen-bond donors (Lipinski definition) is 1. The lowest BCUT2D eigenvalue weighted by atomic mass is 10.3. The number of nitrogens with one attached hydrogen (secondary N) is 1. The molecular formula is C16H24F2N3O3S+. The lowest BCUT2D eigenvalue weighted by molar-refractivity contribution is -0.896. The summed E-state index contributed by atoms with van der Waals surface area (Å²) in [6.45, 7) is 5.33. The van der Waals surface area contributed by atoms with Crippen molar-refractivity contribution in [1.82, 2.24) is 9.21 Å². The van der Waals surface area contributed by atoms with Crippen LogP contribution in [0.5, 0.6) is 0 Å². The van der Waals surface area contributed by atoms with Crippen molar-refractivity contribution in [2.45, 2.75) is 24.8 Å². The number of benzene rings is 1. The standard InChI is InChI=1S/C16H23F2N3O3S/c1-12(2)19(3)16(22)11-20-6-8-21(9-7-20)25(23,24)15-10-13(17)4-5-14(15)18/h4-5,10,12H,6-9,11H2,1-3H3/p+1. The maximum absolute atomic E-state index is 13.8. The fraction of sp³-hybridized carbons (Fsp3) is 0.562. The first kappa shape index (κ1) is 19.7. The van der Waals surface area contributed by atoms with Crippen molar-refractivity contribution in [3.8, 4) is 0 Å². The van der Waals surface area contributed by atoms with Crippen molar-refractivity contribution < 1.29 is 26.9 Å². The Morgan fingerprint density at radius 3 is 2.44 bits per heavy atom. The molecule has 1 N–H and O–H groups in total. The van der Waals surface area contributed by atoms with Gasteiger partial charge in [-0.3, -0.25) is 4.79 Å². The number of carbonyl (C=O) groups is 1. The van der Waals surface area contributed by atoms with E-state index in [1.807, 2.05) is 13.8 Å². The highest BCUT2D eigenvalue weighted by molar-refractivity contribution is 7.89. The van der Waals surface area contributed by atoms with Crippen LogP contribution >= 0.6 is 0 Å². The van der Waals surface area contributed by atoms with Crippen LogP contribution in [0.1, 0.15) is 13.8 Å². The van der Waals surface area contributed by atoms with Gasteiger partial charge in [-0.25, -0.2) is 17.2 Å². The van der Waals surface area contributed by atoms with Gasteiger partial charge in [-0.15, -0.1) is 0 Å². The van der Waals surface area contributed by atoms with Crippen molar-refractivity contribution in [2.75, 3.05) is 39.8 Å². The molecule has 0 radical (unpaired) electrons. The number of likely N-dealkylation sites (N-methyl/N-ethyl adjacent to an activating group) is 1. The molecule has 2 rings (SSSR count). The number of carbonyl (C=O) groups excluding carboxylic acids is 1. The Bertz CT molecular complexity index is 732. The molecule has 0 aliphatic carbocycles. The zero-order valence-electron chi connectivity index (χ0n) is 14.6. The molecule has 0 bridgehead atoms. The molecule has 0 saturated carbocycles. The fourth-order valence-electron chi connectivity index (χ4n) is 2.66. The molecule has 0 aromatic heterocycles. The van der Waals surface area contributed by atoms with E-state index in [1.54, 1.807) is 11.9 Å². The summed E-state index contributed by atoms with van der Waals surface area (Å²) in [5.74, 6) is -1.77. The van der Waals surface area contributed by atoms with Crippen LogP contribution in [0.15, 0.2) is 23.1 Å². The predicted octanol–water partition coefficient (Wildman–Crippen LogP) is -0.279. The second-order valence-corrected chi connectivity index (χ2v) is 8.41. The van der Waals surface area contributed by atoms with Gasteiger partial charge in [0.15, 0.2) is 6.54 Å². The number of hydrogen-bond acceptors (Lipinski definition) is 3. The molecule has 0 spiro atoms. The lowest BCUT2D eigenvalue weighted by Gasteiger charge is -2.32. The Balaban J connectivity index is 2.02. The monoisotopic (exact) mass is 376 g/mol. The van der Waals surface area contributed by atoms with Crippen molar-refractivity contribution in [2.24, 2.45) is 0 Å². The molecule has 9 heteroatoms. The van der Waals surface area contributed by atoms with E-state index in [0.29, 0.717) is 19.2 Å². The van der Waals surface area contributed by atoms with Crippen LogP contribution in [0, 0.1) is 11.6 Å². The van der Waals surface area contributed by atoms with Crippen LogP contribution < -0.4 is 4.90 Å². The van der Waals surface area contributed by atoms with Crippen LogP contribution in [0.4, 0.5) is 8.78 Å². The van der Waals surface area contributed by atoms with Crippen molar-refractivity contribution in [3.63, 3.8) is 0 Å². The third kappa shape index (κ3) is 4.53. The van der Waals surface area contributed by atoms with Gasteiger partial charge in [-0.1, -0.05) is 0 Å². The highest BCUT2D eigenvalue weighted by atomic mass is 32.2. The van der Waals surface area contributed by atoms with E-state index in [-0.39, 0.29) is 31.6 Å². The summed E-state index contributed by atoms with van der Waals surface area (Å²) in [6.07, 6.45) is 0. The number of rotatable bonds is 5. The molecular weight excluding hydrogens is 352 g/mol. The van der Waals surface area contributed by atoms with Gasteiger partial charge in [0.05, 0.1) is 26.2 Å². The lowest BCUT2D eigenvalue weighted by Crippen LogP contribution is -3.15. The normalized spacial score (nSPS) is 17.0. The fourth-order valence-corrected chi connectivity index (χ4v) is 4.18. The number of quaternary nitrogens is 1. The first-order valence-corrected chi connectivity index (χ1v) is 9.61. The average molecular weight is 376 g/mol. The van der Waals surface area contributed by atoms with Crippen molar-refractivity contribution in [3.05, 3.63) is 29.8 Å². The number of piperazine rings is 1. The van der Waals surface area contributed by atoms with E-state index in [1.165, 1.54) is 0 Å². The summed E-state index contributed by atoms with van der Waals surface area (Å²) in [7, 11) is -2.35. The molecule has 1 amide bonds. The van der Waals surface area contributed by atoms with Gasteiger partial charge in [-0.2, -0.15) is 4.31 Å². The third-order valence-electron chi connectivity index (χ3n) is 4.51. The summed E-state index contributed by atoms with van der Waals surface area (Å²) in [6, 6.07) is 2.49. The zero-order chi connectivity index (χ0) is 18.8. The van der Waals surface area contributed by atoms with E-state index in [0.717, 1.165) is 21.3 Å². The second kappa shape index (κ2) is 7.76. The molecule has 1 fully saturated rings. The average Bonchev–Trinajstić information content (AvgIpc) is 2.56. The quantitative estimate of drug-likeness (QED) is 0.769. The molecule has 1 saturated heterocycles. The van der Waals surface area contributed by atoms with Gasteiger partial charge >= 0.3 is 0 Å². The molecule has 1 aromatic carbocycles. The molecule has 1 aliphatic rings. The molecule has 0 atom stereocenters. The minimum absolute atomic E-state index is 0.00233. The topological polar surface area (TPSA) is 62.1 Å². The highest BCUT2D eigenvalue weighted by Crippen LogP contribution is 2.20. The van der Waals surface area contributed by atoms with E-state index in [4.69, 9.17) is 0 Å². The first-order chi connectivity index (χ1) is 11.6. The van der Waals surface area contributed by atoms with E-state index in [2.05, 4.69) is 0 Å². The zero-order valence-corrected chi connectivity index (χ0v) is 15.4. The van der Waals surface area contributed by atoms with Gasteiger partial charge in [0.25, 0.3) is 5.91 Å². The van der Waals surface area contributed by atoms with E-state index in [9.17, 15) is 22.0 Å². The van der Waals surface area contributed by atoms with Crippen molar-refractivity contribution in [1.29, 1.82) is 0 Å². The summed E-state index contributed by atoms with van der Waals surface area (Å²) < 4.78 is 53.3. The summed E-state index contributed by atoms with van der Waals surface area (Å²) >= 11 is 0. The molecule has 1 heterocycles. The Kier molecular flexibility index (Phi) is 6.12. The summed E-state index contributed by atoms with van der Waals surface area (Å²) in [5, 5.41) is 0. The first-order valence-electron chi connectivity index (χ1n) is 8.17. The number of sulfonamides is 1. The Morgan fingerprint density at radius 1 is 1.28 bits per heavy atom. The molecule has 1 aromatic rings. The van der Waals surface area contributed by atoms with Crippen LogP contribution in [0.3, 0.4) is 0 Å². The Labute approximate surface area is 147 Å². The Hall–Kier alpha value is -1.58. The van der Waals surface area contributed by atoms with Gasteiger partial charge in [-0.05, 0) is 32.0 Å². The van der Waals surface area contributed by atoms with E-state index < -0.39 is 26.6 Å². The van der Waals surface area contributed by atoms with Crippen LogP contribution in [-0.2, 0) is 14.8 Å². The highest BCUT2D eigenvalue weighted by Gasteiger charge is 2.33. The smallest absolute Gasteiger partial charge is 0.277 e. The minimum Gasteiger partial charge on any atom is -0.338 e. The molecule has 6 nitrogen and oxygen atoms in total. The number of halogens is 2. The van der Waals surface area contributed by atoms with Crippen molar-refractivity contribution >= 4 is 15.9 Å². The molecule has 140 valence electrons. The SMILES string of the molecule is CC(C)N(C)C(=O)C[NH+]1CCN(S(=O)(=O)c2cc(F)ccc2F)CC1. The van der Waals surface area contributed by atoms with Crippen LogP contribution in [0.2, 0.25) is 0 Å². The summed E-state index contributed by atoms with van der Waals surface area (Å²) in [5.41, 5.74) is 0. The van der Waals surface area contributed by atoms with Gasteiger partial charge < -0.3 is 9.80 Å². The molecule has 25 heavy (non-hydrogen) atoms. The minimum atomic E-state index is -4.09. The Morgan fingerprint density at radius 2 is 1.88 bits per heavy atom. The number of amides is 1. The molecule has 0 unspecified atom stereocenters. The maximum atomic E-state index is 13.8. The van der Waals surface area contributed by atoms with Gasteiger partial charge in [0, 0.05) is 13.1 Å².